The Morgan fingerprint density at radius 2 is 0.818 bits per heavy atom. The van der Waals surface area contributed by atoms with E-state index in [1.165, 1.54) is 0 Å². The molecule has 0 aromatic rings. The number of hydrogen-bond donors (Lipinski definition) is 13. The Hall–Kier alpha value is -0.800. The first-order chi connectivity index (χ1) is 20.9. The molecule has 258 valence electrons. The van der Waals surface area contributed by atoms with E-state index in [1.54, 1.807) is 0 Å². The number of ether oxygens (including phenoxy) is 7. The van der Waals surface area contributed by atoms with Crippen molar-refractivity contribution in [1.82, 2.24) is 0 Å². The molecule has 20 nitrogen and oxygen atoms in total. The molecule has 4 heterocycles. The Bertz CT molecular complexity index is 881. The molecule has 4 fully saturated rings. The van der Waals surface area contributed by atoms with Crippen LogP contribution in [0.5, 0.6) is 0 Å². The molecule has 0 saturated carbocycles. The van der Waals surface area contributed by atoms with Crippen molar-refractivity contribution in [3.63, 3.8) is 0 Å². The summed E-state index contributed by atoms with van der Waals surface area (Å²) < 4.78 is 38.2. The highest BCUT2D eigenvalue weighted by atomic mass is 16.8. The molecule has 0 radical (unpaired) electrons. The van der Waals surface area contributed by atoms with E-state index in [0.29, 0.717) is 0 Å². The van der Waals surface area contributed by atoms with Gasteiger partial charge < -0.3 is 99.5 Å². The summed E-state index contributed by atoms with van der Waals surface area (Å²) in [7, 11) is 0. The van der Waals surface area contributed by atoms with E-state index >= 15 is 0 Å². The van der Waals surface area contributed by atoms with Crippen molar-refractivity contribution in [3.8, 4) is 0 Å². The van der Waals surface area contributed by atoms with Crippen molar-refractivity contribution in [2.75, 3.05) is 26.4 Å². The van der Waals surface area contributed by atoms with Crippen LogP contribution in [0.3, 0.4) is 0 Å². The van der Waals surface area contributed by atoms with E-state index in [9.17, 15) is 66.4 Å². The number of hydrogen-bond acceptors (Lipinski definition) is 20. The number of rotatable bonds is 10. The molecule has 19 atom stereocenters. The Labute approximate surface area is 249 Å². The van der Waals surface area contributed by atoms with Crippen LogP contribution < -0.4 is 0 Å². The van der Waals surface area contributed by atoms with Crippen LogP contribution in [0.15, 0.2) is 0 Å². The van der Waals surface area contributed by atoms with Crippen molar-refractivity contribution in [3.05, 3.63) is 0 Å². The third-order valence-electron chi connectivity index (χ3n) is 8.08. The fraction of sp³-hybridized carbons (Fsp3) is 1.00. The molecule has 0 aliphatic carbocycles. The second kappa shape index (κ2) is 15.4. The fourth-order valence-corrected chi connectivity index (χ4v) is 5.43. The Morgan fingerprint density at radius 1 is 0.409 bits per heavy atom. The van der Waals surface area contributed by atoms with Crippen molar-refractivity contribution in [2.24, 2.45) is 0 Å². The van der Waals surface area contributed by atoms with Crippen LogP contribution in [0.4, 0.5) is 0 Å². The zero-order chi connectivity index (χ0) is 32.5. The topological polar surface area (TPSA) is 328 Å². The largest absolute Gasteiger partial charge is 0.394 e. The minimum Gasteiger partial charge on any atom is -0.394 e. The molecule has 0 unspecified atom stereocenters. The van der Waals surface area contributed by atoms with Crippen LogP contribution in [0.25, 0.3) is 0 Å². The summed E-state index contributed by atoms with van der Waals surface area (Å²) in [5.41, 5.74) is 0. The summed E-state index contributed by atoms with van der Waals surface area (Å²) in [5, 5.41) is 131. The van der Waals surface area contributed by atoms with Gasteiger partial charge in [0.25, 0.3) is 0 Å². The molecule has 0 amide bonds. The van der Waals surface area contributed by atoms with Gasteiger partial charge in [-0.3, -0.25) is 0 Å². The smallest absolute Gasteiger partial charge is 0.189 e. The van der Waals surface area contributed by atoms with E-state index < -0.39 is 143 Å². The summed E-state index contributed by atoms with van der Waals surface area (Å²) >= 11 is 0. The molecule has 44 heavy (non-hydrogen) atoms. The monoisotopic (exact) mass is 650 g/mol. The van der Waals surface area contributed by atoms with Crippen molar-refractivity contribution in [1.29, 1.82) is 0 Å². The average Bonchev–Trinajstić information content (AvgIpc) is 3.01. The summed E-state index contributed by atoms with van der Waals surface area (Å²) in [6, 6.07) is 0. The van der Waals surface area contributed by atoms with Crippen molar-refractivity contribution < 1.29 is 99.5 Å². The summed E-state index contributed by atoms with van der Waals surface area (Å²) in [4.78, 5) is 0. The van der Waals surface area contributed by atoms with Gasteiger partial charge in [-0.05, 0) is 0 Å². The highest BCUT2D eigenvalue weighted by molar-refractivity contribution is 4.95. The minimum absolute atomic E-state index is 0.343. The summed E-state index contributed by atoms with van der Waals surface area (Å²) in [6.07, 6.45) is -31.0. The maximum atomic E-state index is 10.8. The summed E-state index contributed by atoms with van der Waals surface area (Å²) in [5.74, 6) is 0. The quantitative estimate of drug-likeness (QED) is 0.104. The highest BCUT2D eigenvalue weighted by Gasteiger charge is 2.53. The summed E-state index contributed by atoms with van der Waals surface area (Å²) in [6.45, 7) is -3.04. The van der Waals surface area contributed by atoms with E-state index in [-0.39, 0.29) is 6.42 Å². The van der Waals surface area contributed by atoms with Gasteiger partial charge in [0.1, 0.15) is 85.5 Å². The molecular weight excluding hydrogens is 608 g/mol. The zero-order valence-corrected chi connectivity index (χ0v) is 23.2. The predicted molar refractivity (Wildman–Crippen MR) is 132 cm³/mol. The molecule has 4 saturated heterocycles. The first kappa shape index (κ1) is 36.0. The van der Waals surface area contributed by atoms with Crippen LogP contribution in [-0.4, -0.2) is 210 Å². The lowest BCUT2D eigenvalue weighted by molar-refractivity contribution is -0.385. The van der Waals surface area contributed by atoms with Crippen LogP contribution in [0.1, 0.15) is 6.42 Å². The second-order valence-electron chi connectivity index (χ2n) is 11.0. The minimum atomic E-state index is -1.90. The van der Waals surface area contributed by atoms with E-state index in [1.807, 2.05) is 0 Å². The molecule has 0 bridgehead atoms. The highest BCUT2D eigenvalue weighted by Crippen LogP contribution is 2.33. The maximum absolute atomic E-state index is 10.8. The van der Waals surface area contributed by atoms with Gasteiger partial charge in [0.2, 0.25) is 0 Å². The van der Waals surface area contributed by atoms with Gasteiger partial charge in [-0.1, -0.05) is 0 Å². The zero-order valence-electron chi connectivity index (χ0n) is 23.2. The average molecular weight is 651 g/mol. The van der Waals surface area contributed by atoms with Crippen LogP contribution >= 0.6 is 0 Å². The van der Waals surface area contributed by atoms with E-state index in [0.717, 1.165) is 0 Å². The number of aliphatic hydroxyl groups excluding tert-OH is 13. The molecule has 4 aliphatic heterocycles. The number of aliphatic hydroxyl groups is 13. The standard InChI is InChI=1S/C24H42O20/c25-2-8-7(1-6(29)21(39-8)44-24-18(36)15(33)13(31)10(4-27)41-24)38-22-19(37)16(34)20(11(5-28)42-22)43-23-17(35)14(32)12(30)9(3-26)40-23/h6-37H,1-5H2/t6-,7+,8-,9-,10-,11-,12-,13-,14+,15+,16-,17-,18-,19-,20-,21-,22-,23-,24-/m1/s1. The fourth-order valence-electron chi connectivity index (χ4n) is 5.43. The Kier molecular flexibility index (Phi) is 12.6. The van der Waals surface area contributed by atoms with Crippen LogP contribution in [0.2, 0.25) is 0 Å². The van der Waals surface area contributed by atoms with Gasteiger partial charge in [-0.15, -0.1) is 0 Å². The first-order valence-electron chi connectivity index (χ1n) is 14.0. The molecule has 0 spiro atoms. The lowest BCUT2D eigenvalue weighted by Gasteiger charge is -2.47. The maximum Gasteiger partial charge on any atom is 0.189 e. The first-order valence-corrected chi connectivity index (χ1v) is 14.0. The molecule has 4 rings (SSSR count). The lowest BCUT2D eigenvalue weighted by Crippen LogP contribution is -2.65. The van der Waals surface area contributed by atoms with E-state index in [4.69, 9.17) is 33.2 Å². The van der Waals surface area contributed by atoms with E-state index in [2.05, 4.69) is 0 Å². The van der Waals surface area contributed by atoms with Crippen LogP contribution in [0, 0.1) is 0 Å². The van der Waals surface area contributed by atoms with Crippen LogP contribution in [-0.2, 0) is 33.2 Å². The Balaban J connectivity index is 1.38. The van der Waals surface area contributed by atoms with Gasteiger partial charge in [0, 0.05) is 6.42 Å². The van der Waals surface area contributed by atoms with Gasteiger partial charge >= 0.3 is 0 Å². The van der Waals surface area contributed by atoms with Gasteiger partial charge in [0.15, 0.2) is 25.2 Å². The third kappa shape index (κ3) is 7.35. The normalized spacial score (nSPS) is 52.2. The van der Waals surface area contributed by atoms with Gasteiger partial charge in [-0.25, -0.2) is 0 Å². The third-order valence-corrected chi connectivity index (χ3v) is 8.08. The Morgan fingerprint density at radius 3 is 1.32 bits per heavy atom. The van der Waals surface area contributed by atoms with Gasteiger partial charge in [0.05, 0.1) is 32.5 Å². The second-order valence-corrected chi connectivity index (χ2v) is 11.0. The molecule has 13 N–H and O–H groups in total. The predicted octanol–water partition coefficient (Wildman–Crippen LogP) is -8.72. The molecule has 20 heteroatoms. The SMILES string of the molecule is OC[C@H]1O[C@H](O[C@H]2O[C@H](CO)[C@@H](O[C@@H]3O[C@H](CO)[C@@H](O[C@H]4O[C@H](CO)[C@@H](O)[C@H](O)[C@H]4O)[C@H](O)[C@H]3O)C[C@H]2O)[C@H](O)[C@@H](O)[C@@H]1O. The molecule has 0 aromatic carbocycles. The molecule has 4 aliphatic rings. The molecule has 0 aromatic heterocycles. The molecular formula is C24H42O20. The van der Waals surface area contributed by atoms with Gasteiger partial charge in [-0.2, -0.15) is 0 Å². The van der Waals surface area contributed by atoms with Crippen molar-refractivity contribution >= 4 is 0 Å². The lowest BCUT2D eigenvalue weighted by atomic mass is 9.96. The van der Waals surface area contributed by atoms with Crippen molar-refractivity contribution in [2.45, 2.75) is 123 Å².